The van der Waals surface area contributed by atoms with Crippen molar-refractivity contribution < 1.29 is 4.79 Å². The summed E-state index contributed by atoms with van der Waals surface area (Å²) in [4.78, 5) is 12.3. The Balaban J connectivity index is 2.47. The first kappa shape index (κ1) is 15.6. The first-order chi connectivity index (χ1) is 9.04. The van der Waals surface area contributed by atoms with Crippen LogP contribution in [0, 0.1) is 6.92 Å². The Kier molecular flexibility index (Phi) is 6.50. The highest BCUT2D eigenvalue weighted by Gasteiger charge is 2.13. The van der Waals surface area contributed by atoms with E-state index in [1.165, 1.54) is 11.1 Å². The van der Waals surface area contributed by atoms with Crippen LogP contribution in [0.2, 0.25) is 0 Å². The molecule has 0 aromatic heterocycles. The van der Waals surface area contributed by atoms with E-state index in [-0.39, 0.29) is 11.9 Å². The molecule has 1 atom stereocenters. The summed E-state index contributed by atoms with van der Waals surface area (Å²) in [5.41, 5.74) is 8.04. The summed E-state index contributed by atoms with van der Waals surface area (Å²) in [5.74, 6) is 0.00880. The Bertz CT molecular complexity index is 446. The Morgan fingerprint density at radius 2 is 2.11 bits per heavy atom. The molecule has 0 aliphatic carbocycles. The molecule has 0 saturated heterocycles. The zero-order chi connectivity index (χ0) is 14.3. The number of amides is 1. The molecule has 1 rings (SSSR count). The molecule has 1 unspecified atom stereocenters. The standard InChI is InChI=1S/C15H22N2OS/c1-3-6-13(15(16)19)17-14(18)10-9-12-8-5-4-7-11(12)2/h4-5,7-8,13H,3,6,9-10H2,1-2H3,(H2,16,19)(H,17,18). The number of benzene rings is 1. The van der Waals surface area contributed by atoms with E-state index in [2.05, 4.69) is 24.4 Å². The lowest BCUT2D eigenvalue weighted by atomic mass is 10.0. The molecule has 0 bridgehead atoms. The molecule has 1 aromatic carbocycles. The zero-order valence-corrected chi connectivity index (χ0v) is 12.4. The molecule has 0 radical (unpaired) electrons. The summed E-state index contributed by atoms with van der Waals surface area (Å²) in [5, 5.41) is 2.90. The van der Waals surface area contributed by atoms with E-state index in [9.17, 15) is 4.79 Å². The number of nitrogens with two attached hydrogens (primary N) is 1. The van der Waals surface area contributed by atoms with Crippen LogP contribution in [0.5, 0.6) is 0 Å². The molecule has 0 aliphatic rings. The van der Waals surface area contributed by atoms with E-state index in [1.54, 1.807) is 0 Å². The number of carbonyl (C=O) groups is 1. The molecule has 19 heavy (non-hydrogen) atoms. The minimum Gasteiger partial charge on any atom is -0.392 e. The van der Waals surface area contributed by atoms with Crippen LogP contribution in [0.4, 0.5) is 0 Å². The summed E-state index contributed by atoms with van der Waals surface area (Å²) in [6.07, 6.45) is 2.95. The highest BCUT2D eigenvalue weighted by atomic mass is 32.1. The SMILES string of the molecule is CCCC(NC(=O)CCc1ccccc1C)C(N)=S. The second-order valence-corrected chi connectivity index (χ2v) is 5.21. The van der Waals surface area contributed by atoms with Crippen molar-refractivity contribution in [2.24, 2.45) is 5.73 Å². The quantitative estimate of drug-likeness (QED) is 0.753. The van der Waals surface area contributed by atoms with Crippen LogP contribution in [-0.2, 0) is 11.2 Å². The van der Waals surface area contributed by atoms with Gasteiger partial charge in [0.05, 0.1) is 11.0 Å². The number of aryl methyl sites for hydroxylation is 2. The number of hydrogen-bond donors (Lipinski definition) is 2. The Morgan fingerprint density at radius 3 is 2.68 bits per heavy atom. The topological polar surface area (TPSA) is 55.1 Å². The largest absolute Gasteiger partial charge is 0.392 e. The fourth-order valence-corrected chi connectivity index (χ4v) is 2.16. The molecule has 0 spiro atoms. The van der Waals surface area contributed by atoms with E-state index in [1.807, 2.05) is 19.1 Å². The minimum absolute atomic E-state index is 0.00880. The molecule has 0 heterocycles. The maximum atomic E-state index is 11.9. The Hall–Kier alpha value is -1.42. The molecule has 3 N–H and O–H groups in total. The Labute approximate surface area is 120 Å². The summed E-state index contributed by atoms with van der Waals surface area (Å²) in [6, 6.07) is 7.93. The lowest BCUT2D eigenvalue weighted by molar-refractivity contribution is -0.121. The van der Waals surface area contributed by atoms with Gasteiger partial charge in [-0.2, -0.15) is 0 Å². The van der Waals surface area contributed by atoms with Crippen LogP contribution in [0.3, 0.4) is 0 Å². The maximum Gasteiger partial charge on any atom is 0.220 e. The molecular weight excluding hydrogens is 256 g/mol. The van der Waals surface area contributed by atoms with Gasteiger partial charge in [0.25, 0.3) is 0 Å². The summed E-state index contributed by atoms with van der Waals surface area (Å²) in [6.45, 7) is 4.10. The second kappa shape index (κ2) is 7.89. The second-order valence-electron chi connectivity index (χ2n) is 4.74. The van der Waals surface area contributed by atoms with Crippen molar-refractivity contribution in [2.45, 2.75) is 45.6 Å². The normalized spacial score (nSPS) is 11.9. The van der Waals surface area contributed by atoms with E-state index in [0.29, 0.717) is 11.4 Å². The van der Waals surface area contributed by atoms with Gasteiger partial charge in [-0.1, -0.05) is 49.8 Å². The van der Waals surface area contributed by atoms with Gasteiger partial charge in [-0.3, -0.25) is 4.79 Å². The smallest absolute Gasteiger partial charge is 0.220 e. The molecule has 0 saturated carbocycles. The maximum absolute atomic E-state index is 11.9. The monoisotopic (exact) mass is 278 g/mol. The molecular formula is C15H22N2OS. The molecule has 0 aliphatic heterocycles. The van der Waals surface area contributed by atoms with Crippen molar-refractivity contribution >= 4 is 23.1 Å². The third kappa shape index (κ3) is 5.39. The first-order valence-electron chi connectivity index (χ1n) is 6.67. The highest BCUT2D eigenvalue weighted by molar-refractivity contribution is 7.80. The van der Waals surface area contributed by atoms with Crippen molar-refractivity contribution in [3.63, 3.8) is 0 Å². The van der Waals surface area contributed by atoms with Crippen LogP contribution >= 0.6 is 12.2 Å². The van der Waals surface area contributed by atoms with Gasteiger partial charge in [-0.05, 0) is 30.9 Å². The third-order valence-corrected chi connectivity index (χ3v) is 3.42. The lowest BCUT2D eigenvalue weighted by Crippen LogP contribution is -2.43. The van der Waals surface area contributed by atoms with E-state index in [0.717, 1.165) is 19.3 Å². The van der Waals surface area contributed by atoms with E-state index >= 15 is 0 Å². The van der Waals surface area contributed by atoms with Crippen molar-refractivity contribution in [3.8, 4) is 0 Å². The van der Waals surface area contributed by atoms with Crippen molar-refractivity contribution in [1.29, 1.82) is 0 Å². The summed E-state index contributed by atoms with van der Waals surface area (Å²) >= 11 is 4.96. The fraction of sp³-hybridized carbons (Fsp3) is 0.467. The first-order valence-corrected chi connectivity index (χ1v) is 7.08. The predicted molar refractivity (Wildman–Crippen MR) is 83.1 cm³/mol. The van der Waals surface area contributed by atoms with E-state index in [4.69, 9.17) is 18.0 Å². The zero-order valence-electron chi connectivity index (χ0n) is 11.6. The van der Waals surface area contributed by atoms with Gasteiger partial charge in [0.1, 0.15) is 0 Å². The van der Waals surface area contributed by atoms with Gasteiger partial charge in [-0.15, -0.1) is 0 Å². The molecule has 4 heteroatoms. The van der Waals surface area contributed by atoms with Gasteiger partial charge in [-0.25, -0.2) is 0 Å². The van der Waals surface area contributed by atoms with Crippen LogP contribution in [0.25, 0.3) is 0 Å². The van der Waals surface area contributed by atoms with Crippen molar-refractivity contribution in [3.05, 3.63) is 35.4 Å². The molecule has 0 fully saturated rings. The van der Waals surface area contributed by atoms with Gasteiger partial charge >= 0.3 is 0 Å². The summed E-state index contributed by atoms with van der Waals surface area (Å²) in [7, 11) is 0. The van der Waals surface area contributed by atoms with Crippen LogP contribution < -0.4 is 11.1 Å². The number of hydrogen-bond acceptors (Lipinski definition) is 2. The molecule has 1 amide bonds. The van der Waals surface area contributed by atoms with E-state index < -0.39 is 0 Å². The fourth-order valence-electron chi connectivity index (χ4n) is 1.98. The Morgan fingerprint density at radius 1 is 1.42 bits per heavy atom. The molecule has 3 nitrogen and oxygen atoms in total. The molecule has 104 valence electrons. The predicted octanol–water partition coefficient (Wildman–Crippen LogP) is 2.50. The average Bonchev–Trinajstić information content (AvgIpc) is 2.37. The lowest BCUT2D eigenvalue weighted by Gasteiger charge is -2.16. The number of nitrogens with one attached hydrogen (secondary N) is 1. The van der Waals surface area contributed by atoms with Gasteiger partial charge in [0.2, 0.25) is 5.91 Å². The van der Waals surface area contributed by atoms with Crippen LogP contribution in [-0.4, -0.2) is 16.9 Å². The number of rotatable bonds is 7. The minimum atomic E-state index is -0.177. The van der Waals surface area contributed by atoms with Crippen molar-refractivity contribution in [2.75, 3.05) is 0 Å². The average molecular weight is 278 g/mol. The number of carbonyl (C=O) groups excluding carboxylic acids is 1. The number of thiocarbonyl (C=S) groups is 1. The summed E-state index contributed by atoms with van der Waals surface area (Å²) < 4.78 is 0. The molecule has 1 aromatic rings. The van der Waals surface area contributed by atoms with Crippen molar-refractivity contribution in [1.82, 2.24) is 5.32 Å². The van der Waals surface area contributed by atoms with Crippen LogP contribution in [0.1, 0.15) is 37.3 Å². The van der Waals surface area contributed by atoms with Crippen LogP contribution in [0.15, 0.2) is 24.3 Å². The highest BCUT2D eigenvalue weighted by Crippen LogP contribution is 2.09. The van der Waals surface area contributed by atoms with Gasteiger partial charge in [0.15, 0.2) is 0 Å². The third-order valence-electron chi connectivity index (χ3n) is 3.14. The van der Waals surface area contributed by atoms with Gasteiger partial charge < -0.3 is 11.1 Å². The van der Waals surface area contributed by atoms with Gasteiger partial charge in [0, 0.05) is 6.42 Å².